The van der Waals surface area contributed by atoms with E-state index in [0.717, 1.165) is 18.6 Å². The Hall–Kier alpha value is -0.420. The van der Waals surface area contributed by atoms with Crippen LogP contribution in [-0.2, 0) is 9.84 Å². The molecule has 0 bridgehead atoms. The van der Waals surface area contributed by atoms with Crippen molar-refractivity contribution in [3.8, 4) is 6.07 Å². The number of hydrogen-bond donors (Lipinski definition) is 0. The molecule has 0 saturated carbocycles. The molecule has 1 aliphatic rings. The zero-order chi connectivity index (χ0) is 13.8. The summed E-state index contributed by atoms with van der Waals surface area (Å²) in [5.41, 5.74) is 0. The zero-order valence-corrected chi connectivity index (χ0v) is 11.2. The van der Waals surface area contributed by atoms with Crippen molar-refractivity contribution in [3.63, 3.8) is 0 Å². The first-order valence-corrected chi connectivity index (χ1v) is 8.32. The highest BCUT2D eigenvalue weighted by atomic mass is 32.2. The van der Waals surface area contributed by atoms with Crippen molar-refractivity contribution < 1.29 is 21.6 Å². The molecule has 0 aromatic carbocycles. The molecule has 1 aliphatic heterocycles. The fourth-order valence-electron chi connectivity index (χ4n) is 1.78. The highest BCUT2D eigenvalue weighted by Gasteiger charge is 2.38. The van der Waals surface area contributed by atoms with Crippen LogP contribution in [-0.4, -0.2) is 36.6 Å². The van der Waals surface area contributed by atoms with Crippen LogP contribution in [0.4, 0.5) is 13.2 Å². The summed E-state index contributed by atoms with van der Waals surface area (Å²) >= 11 is 1.37. The van der Waals surface area contributed by atoms with E-state index in [1.54, 1.807) is 6.07 Å². The van der Waals surface area contributed by atoms with Crippen LogP contribution in [0.3, 0.4) is 0 Å². The number of halogens is 3. The Balaban J connectivity index is 2.71. The van der Waals surface area contributed by atoms with E-state index >= 15 is 0 Å². The summed E-state index contributed by atoms with van der Waals surface area (Å²) in [6.07, 6.45) is -3.53. The summed E-state index contributed by atoms with van der Waals surface area (Å²) < 4.78 is 59.7. The Kier molecular flexibility index (Phi) is 5.34. The quantitative estimate of drug-likeness (QED) is 0.800. The van der Waals surface area contributed by atoms with Crippen molar-refractivity contribution in [2.75, 3.05) is 11.5 Å². The fraction of sp³-hybridized carbons (Fsp3) is 0.900. The van der Waals surface area contributed by atoms with Gasteiger partial charge in [-0.3, -0.25) is 0 Å². The molecule has 104 valence electrons. The predicted octanol–water partition coefficient (Wildman–Crippen LogP) is 2.53. The first-order valence-electron chi connectivity index (χ1n) is 5.56. The average Bonchev–Trinajstić information content (AvgIpc) is 2.28. The van der Waals surface area contributed by atoms with Gasteiger partial charge < -0.3 is 0 Å². The van der Waals surface area contributed by atoms with Crippen LogP contribution in [0.25, 0.3) is 0 Å². The first-order chi connectivity index (χ1) is 8.26. The fourth-order valence-corrected chi connectivity index (χ4v) is 5.30. The zero-order valence-electron chi connectivity index (χ0n) is 9.61. The Morgan fingerprint density at radius 3 is 2.50 bits per heavy atom. The highest BCUT2D eigenvalue weighted by molar-refractivity contribution is 8.01. The molecule has 3 nitrogen and oxygen atoms in total. The van der Waals surface area contributed by atoms with Gasteiger partial charge in [-0.1, -0.05) is 6.42 Å². The SMILES string of the molecule is N#CC(C1CCCCS1)S(=O)(=O)CCC(F)(F)F. The van der Waals surface area contributed by atoms with Crippen molar-refractivity contribution in [1.82, 2.24) is 0 Å². The van der Waals surface area contributed by atoms with Gasteiger partial charge >= 0.3 is 6.18 Å². The van der Waals surface area contributed by atoms with E-state index in [2.05, 4.69) is 0 Å². The molecule has 0 aromatic rings. The Bertz CT molecular complexity index is 408. The molecule has 18 heavy (non-hydrogen) atoms. The van der Waals surface area contributed by atoms with Gasteiger partial charge in [0.25, 0.3) is 0 Å². The van der Waals surface area contributed by atoms with Gasteiger partial charge in [-0.2, -0.15) is 30.2 Å². The number of thioether (sulfide) groups is 1. The third-order valence-corrected chi connectivity index (χ3v) is 6.35. The van der Waals surface area contributed by atoms with E-state index in [1.807, 2.05) is 0 Å². The number of sulfone groups is 1. The molecule has 8 heteroatoms. The maximum absolute atomic E-state index is 12.0. The molecule has 2 atom stereocenters. The Morgan fingerprint density at radius 1 is 1.39 bits per heavy atom. The van der Waals surface area contributed by atoms with Crippen LogP contribution >= 0.6 is 11.8 Å². The molecule has 0 aliphatic carbocycles. The van der Waals surface area contributed by atoms with Crippen LogP contribution in [0.2, 0.25) is 0 Å². The first kappa shape index (κ1) is 15.6. The average molecular weight is 301 g/mol. The summed E-state index contributed by atoms with van der Waals surface area (Å²) in [4.78, 5) is 0. The minimum atomic E-state index is -4.51. The van der Waals surface area contributed by atoms with E-state index in [9.17, 15) is 21.6 Å². The molecule has 2 unspecified atom stereocenters. The lowest BCUT2D eigenvalue weighted by Gasteiger charge is -2.25. The van der Waals surface area contributed by atoms with E-state index < -0.39 is 33.4 Å². The number of nitrogens with zero attached hydrogens (tertiary/aromatic N) is 1. The van der Waals surface area contributed by atoms with Crippen LogP contribution in [0.5, 0.6) is 0 Å². The van der Waals surface area contributed by atoms with Gasteiger partial charge in [-0.15, -0.1) is 0 Å². The van der Waals surface area contributed by atoms with E-state index in [4.69, 9.17) is 5.26 Å². The van der Waals surface area contributed by atoms with Gasteiger partial charge in [-0.05, 0) is 18.6 Å². The monoisotopic (exact) mass is 301 g/mol. The van der Waals surface area contributed by atoms with E-state index in [0.29, 0.717) is 6.42 Å². The largest absolute Gasteiger partial charge is 0.390 e. The van der Waals surface area contributed by atoms with Crippen LogP contribution in [0.15, 0.2) is 0 Å². The van der Waals surface area contributed by atoms with E-state index in [1.165, 1.54) is 11.8 Å². The number of rotatable bonds is 4. The second kappa shape index (κ2) is 6.15. The summed E-state index contributed by atoms with van der Waals surface area (Å²) in [7, 11) is -4.01. The van der Waals surface area contributed by atoms with Crippen LogP contribution < -0.4 is 0 Å². The number of hydrogen-bond acceptors (Lipinski definition) is 4. The normalized spacial score (nSPS) is 23.3. The summed E-state index contributed by atoms with van der Waals surface area (Å²) in [5.74, 6) is -0.233. The standard InChI is InChI=1S/C10H14F3NO2S2/c11-10(12,13)4-6-18(15,16)9(7-14)8-3-1-2-5-17-8/h8-9H,1-6H2. The molecule has 0 radical (unpaired) electrons. The lowest BCUT2D eigenvalue weighted by atomic mass is 10.1. The second-order valence-electron chi connectivity index (χ2n) is 4.19. The highest BCUT2D eigenvalue weighted by Crippen LogP contribution is 2.31. The van der Waals surface area contributed by atoms with Gasteiger partial charge in [0.15, 0.2) is 15.1 Å². The van der Waals surface area contributed by atoms with Gasteiger partial charge in [0.05, 0.1) is 18.2 Å². The third kappa shape index (κ3) is 4.69. The lowest BCUT2D eigenvalue weighted by Crippen LogP contribution is -2.35. The molecule has 0 N–H and O–H groups in total. The van der Waals surface area contributed by atoms with Gasteiger partial charge in [0.2, 0.25) is 0 Å². The summed E-state index contributed by atoms with van der Waals surface area (Å²) in [5, 5.41) is 7.22. The molecule has 0 spiro atoms. The van der Waals surface area contributed by atoms with Crippen LogP contribution in [0, 0.1) is 11.3 Å². The topological polar surface area (TPSA) is 57.9 Å². The van der Waals surface area contributed by atoms with Gasteiger partial charge in [0, 0.05) is 5.25 Å². The third-order valence-electron chi connectivity index (χ3n) is 2.74. The molecule has 0 aromatic heterocycles. The second-order valence-corrected chi connectivity index (χ2v) is 7.78. The maximum atomic E-state index is 12.0. The molecule has 1 heterocycles. The summed E-state index contributed by atoms with van der Waals surface area (Å²) in [6, 6.07) is 1.67. The van der Waals surface area contributed by atoms with Crippen molar-refractivity contribution in [1.29, 1.82) is 5.26 Å². The van der Waals surface area contributed by atoms with Crippen molar-refractivity contribution in [2.45, 2.75) is 42.4 Å². The lowest BCUT2D eigenvalue weighted by molar-refractivity contribution is -0.129. The van der Waals surface area contributed by atoms with Crippen molar-refractivity contribution >= 4 is 21.6 Å². The van der Waals surface area contributed by atoms with Crippen molar-refractivity contribution in [3.05, 3.63) is 0 Å². The van der Waals surface area contributed by atoms with Gasteiger partial charge in [-0.25, -0.2) is 8.42 Å². The molecular weight excluding hydrogens is 287 g/mol. The minimum Gasteiger partial charge on any atom is -0.227 e. The van der Waals surface area contributed by atoms with Gasteiger partial charge in [0.1, 0.15) is 0 Å². The molecule has 0 amide bonds. The Morgan fingerprint density at radius 2 is 2.06 bits per heavy atom. The van der Waals surface area contributed by atoms with Crippen molar-refractivity contribution in [2.24, 2.45) is 0 Å². The Labute approximate surface area is 109 Å². The molecule has 1 rings (SSSR count). The molecular formula is C10H14F3NO2S2. The molecule has 1 fully saturated rings. The summed E-state index contributed by atoms with van der Waals surface area (Å²) in [6.45, 7) is 0. The predicted molar refractivity (Wildman–Crippen MR) is 64.0 cm³/mol. The molecule has 1 saturated heterocycles. The van der Waals surface area contributed by atoms with E-state index in [-0.39, 0.29) is 5.25 Å². The van der Waals surface area contributed by atoms with Crippen LogP contribution in [0.1, 0.15) is 25.7 Å². The number of nitriles is 1. The number of alkyl halides is 3. The maximum Gasteiger partial charge on any atom is 0.390 e. The minimum absolute atomic E-state index is 0.387. The smallest absolute Gasteiger partial charge is 0.227 e.